The molecule has 1 aromatic carbocycles. The number of aromatic nitrogens is 1. The highest BCUT2D eigenvalue weighted by atomic mass is 79.9. The maximum atomic E-state index is 12.0. The summed E-state index contributed by atoms with van der Waals surface area (Å²) in [7, 11) is 0. The Morgan fingerprint density at radius 2 is 2.11 bits per heavy atom. The van der Waals surface area contributed by atoms with E-state index in [1.165, 1.54) is 11.3 Å². The molecule has 4 nitrogen and oxygen atoms in total. The Morgan fingerprint density at radius 1 is 1.37 bits per heavy atom. The number of hydrogen-bond acceptors (Lipinski definition) is 4. The predicted octanol–water partition coefficient (Wildman–Crippen LogP) is 3.98. The number of rotatable bonds is 5. The minimum absolute atomic E-state index is 0.149. The van der Waals surface area contributed by atoms with Crippen molar-refractivity contribution in [3.8, 4) is 0 Å². The van der Waals surface area contributed by atoms with E-state index in [4.69, 9.17) is 0 Å². The molecule has 1 amide bonds. The first-order valence-electron chi connectivity index (χ1n) is 5.95. The van der Waals surface area contributed by atoms with Crippen LogP contribution in [0.2, 0.25) is 0 Å². The topological polar surface area (TPSA) is 54.0 Å². The quantitative estimate of drug-likeness (QED) is 0.866. The molecule has 2 aromatic rings. The average molecular weight is 340 g/mol. The second-order valence-corrected chi connectivity index (χ2v) is 6.34. The summed E-state index contributed by atoms with van der Waals surface area (Å²) in [6.45, 7) is 3.04. The lowest BCUT2D eigenvalue weighted by molar-refractivity contribution is 0.102. The molecule has 2 N–H and O–H groups in total. The number of benzene rings is 1. The van der Waals surface area contributed by atoms with E-state index in [0.29, 0.717) is 10.7 Å². The van der Waals surface area contributed by atoms with Gasteiger partial charge in [-0.2, -0.15) is 0 Å². The number of carbonyl (C=O) groups is 1. The Bertz CT molecular complexity index is 553. The SMILES string of the molecule is CCCNc1ccc(C(=O)Nc2ncc(Br)s2)cc1. The van der Waals surface area contributed by atoms with Crippen LogP contribution in [0.1, 0.15) is 23.7 Å². The van der Waals surface area contributed by atoms with Crippen molar-refractivity contribution in [1.29, 1.82) is 0 Å². The Kier molecular flexibility index (Phi) is 4.93. The van der Waals surface area contributed by atoms with Gasteiger partial charge >= 0.3 is 0 Å². The third-order valence-corrected chi connectivity index (χ3v) is 3.82. The molecule has 19 heavy (non-hydrogen) atoms. The van der Waals surface area contributed by atoms with E-state index in [0.717, 1.165) is 22.4 Å². The first-order valence-corrected chi connectivity index (χ1v) is 7.56. The Hall–Kier alpha value is -1.40. The third kappa shape index (κ3) is 4.04. The second-order valence-electron chi connectivity index (χ2n) is 3.93. The molecular formula is C13H14BrN3OS. The molecule has 0 saturated carbocycles. The highest BCUT2D eigenvalue weighted by Crippen LogP contribution is 2.23. The molecule has 0 bridgehead atoms. The van der Waals surface area contributed by atoms with Crippen LogP contribution in [0.25, 0.3) is 0 Å². The zero-order valence-corrected chi connectivity index (χ0v) is 12.8. The van der Waals surface area contributed by atoms with Crippen molar-refractivity contribution in [2.75, 3.05) is 17.2 Å². The zero-order valence-electron chi connectivity index (χ0n) is 10.4. The molecule has 0 radical (unpaired) electrons. The fourth-order valence-electron chi connectivity index (χ4n) is 1.49. The van der Waals surface area contributed by atoms with Gasteiger partial charge in [0, 0.05) is 17.8 Å². The fourth-order valence-corrected chi connectivity index (χ4v) is 2.59. The van der Waals surface area contributed by atoms with Crippen molar-refractivity contribution in [1.82, 2.24) is 4.98 Å². The predicted molar refractivity (Wildman–Crippen MR) is 83.0 cm³/mol. The lowest BCUT2D eigenvalue weighted by atomic mass is 10.2. The van der Waals surface area contributed by atoms with Gasteiger partial charge in [-0.15, -0.1) is 0 Å². The largest absolute Gasteiger partial charge is 0.385 e. The van der Waals surface area contributed by atoms with Gasteiger partial charge in [0.15, 0.2) is 5.13 Å². The van der Waals surface area contributed by atoms with E-state index in [-0.39, 0.29) is 5.91 Å². The lowest BCUT2D eigenvalue weighted by Gasteiger charge is -2.06. The number of thiazole rings is 1. The number of anilines is 2. The molecule has 2 rings (SSSR count). The smallest absolute Gasteiger partial charge is 0.257 e. The zero-order chi connectivity index (χ0) is 13.7. The molecule has 6 heteroatoms. The van der Waals surface area contributed by atoms with Crippen LogP contribution < -0.4 is 10.6 Å². The number of carbonyl (C=O) groups excluding carboxylic acids is 1. The van der Waals surface area contributed by atoms with E-state index >= 15 is 0 Å². The first-order chi connectivity index (χ1) is 9.19. The average Bonchev–Trinajstić information content (AvgIpc) is 2.82. The summed E-state index contributed by atoms with van der Waals surface area (Å²) in [5, 5.41) is 6.61. The lowest BCUT2D eigenvalue weighted by Crippen LogP contribution is -2.11. The molecule has 0 atom stereocenters. The molecule has 0 aliphatic rings. The minimum Gasteiger partial charge on any atom is -0.385 e. The number of nitrogens with one attached hydrogen (secondary N) is 2. The molecule has 0 saturated heterocycles. The summed E-state index contributed by atoms with van der Waals surface area (Å²) in [5.74, 6) is -0.149. The summed E-state index contributed by atoms with van der Waals surface area (Å²) in [6.07, 6.45) is 2.74. The summed E-state index contributed by atoms with van der Waals surface area (Å²) < 4.78 is 0.891. The second kappa shape index (κ2) is 6.68. The van der Waals surface area contributed by atoms with E-state index < -0.39 is 0 Å². The molecule has 0 aliphatic carbocycles. The Labute approximate surface area is 124 Å². The van der Waals surface area contributed by atoms with Crippen LogP contribution in [0, 0.1) is 0 Å². The Balaban J connectivity index is 1.99. The molecule has 1 aromatic heterocycles. The van der Waals surface area contributed by atoms with Gasteiger partial charge in [-0.1, -0.05) is 18.3 Å². The first kappa shape index (κ1) is 14.0. The van der Waals surface area contributed by atoms with Crippen molar-refractivity contribution >= 4 is 44.0 Å². The number of amides is 1. The molecule has 0 aliphatic heterocycles. The summed E-state index contributed by atoms with van der Waals surface area (Å²) in [4.78, 5) is 16.0. The van der Waals surface area contributed by atoms with Crippen molar-refractivity contribution in [2.24, 2.45) is 0 Å². The Morgan fingerprint density at radius 3 is 2.68 bits per heavy atom. The van der Waals surface area contributed by atoms with Crippen LogP contribution in [0.5, 0.6) is 0 Å². The minimum atomic E-state index is -0.149. The molecular weight excluding hydrogens is 326 g/mol. The standard InChI is InChI=1S/C13H14BrN3OS/c1-2-7-15-10-5-3-9(4-6-10)12(18)17-13-16-8-11(14)19-13/h3-6,8,15H,2,7H2,1H3,(H,16,17,18). The van der Waals surface area contributed by atoms with Gasteiger partial charge in [0.2, 0.25) is 0 Å². The van der Waals surface area contributed by atoms with Gasteiger partial charge < -0.3 is 5.32 Å². The summed E-state index contributed by atoms with van der Waals surface area (Å²) >= 11 is 4.69. The van der Waals surface area contributed by atoms with Crippen molar-refractivity contribution in [3.63, 3.8) is 0 Å². The molecule has 100 valence electrons. The molecule has 1 heterocycles. The van der Waals surface area contributed by atoms with Gasteiger partial charge in [0.25, 0.3) is 5.91 Å². The molecule has 0 spiro atoms. The number of hydrogen-bond donors (Lipinski definition) is 2. The fraction of sp³-hybridized carbons (Fsp3) is 0.231. The van der Waals surface area contributed by atoms with E-state index in [2.05, 4.69) is 38.5 Å². The molecule has 0 unspecified atom stereocenters. The van der Waals surface area contributed by atoms with Crippen molar-refractivity contribution in [2.45, 2.75) is 13.3 Å². The van der Waals surface area contributed by atoms with E-state index in [9.17, 15) is 4.79 Å². The van der Waals surface area contributed by atoms with Crippen LogP contribution in [-0.4, -0.2) is 17.4 Å². The molecule has 0 fully saturated rings. The summed E-state index contributed by atoms with van der Waals surface area (Å²) in [5.41, 5.74) is 1.64. The third-order valence-electron chi connectivity index (χ3n) is 2.42. The van der Waals surface area contributed by atoms with Crippen molar-refractivity contribution < 1.29 is 4.79 Å². The number of nitrogens with zero attached hydrogens (tertiary/aromatic N) is 1. The van der Waals surface area contributed by atoms with Crippen LogP contribution in [0.4, 0.5) is 10.8 Å². The van der Waals surface area contributed by atoms with Crippen LogP contribution >= 0.6 is 27.3 Å². The monoisotopic (exact) mass is 339 g/mol. The van der Waals surface area contributed by atoms with E-state index in [1.807, 2.05) is 12.1 Å². The van der Waals surface area contributed by atoms with Gasteiger partial charge in [0.05, 0.1) is 9.98 Å². The van der Waals surface area contributed by atoms with E-state index in [1.54, 1.807) is 18.3 Å². The van der Waals surface area contributed by atoms with Gasteiger partial charge in [-0.3, -0.25) is 10.1 Å². The number of halogens is 1. The maximum Gasteiger partial charge on any atom is 0.257 e. The van der Waals surface area contributed by atoms with Crippen molar-refractivity contribution in [3.05, 3.63) is 39.8 Å². The highest BCUT2D eigenvalue weighted by Gasteiger charge is 2.08. The summed E-state index contributed by atoms with van der Waals surface area (Å²) in [6, 6.07) is 7.41. The van der Waals surface area contributed by atoms with Gasteiger partial charge in [0.1, 0.15) is 0 Å². The van der Waals surface area contributed by atoms with Crippen LogP contribution in [-0.2, 0) is 0 Å². The normalized spacial score (nSPS) is 10.2. The van der Waals surface area contributed by atoms with Crippen LogP contribution in [0.15, 0.2) is 34.2 Å². The highest BCUT2D eigenvalue weighted by molar-refractivity contribution is 9.11. The van der Waals surface area contributed by atoms with Crippen LogP contribution in [0.3, 0.4) is 0 Å². The van der Waals surface area contributed by atoms with Gasteiger partial charge in [-0.05, 0) is 46.6 Å². The maximum absolute atomic E-state index is 12.0. The van der Waals surface area contributed by atoms with Gasteiger partial charge in [-0.25, -0.2) is 4.98 Å².